The smallest absolute Gasteiger partial charge is 0.274 e. The Kier molecular flexibility index (Phi) is 5.21. The predicted octanol–water partition coefficient (Wildman–Crippen LogP) is 3.72. The molecule has 0 saturated carbocycles. The van der Waals surface area contributed by atoms with Crippen molar-refractivity contribution in [3.8, 4) is 0 Å². The molecule has 0 atom stereocenters. The van der Waals surface area contributed by atoms with Gasteiger partial charge in [0.1, 0.15) is 10.8 Å². The van der Waals surface area contributed by atoms with E-state index in [9.17, 15) is 9.59 Å². The molecule has 25 heavy (non-hydrogen) atoms. The lowest BCUT2D eigenvalue weighted by Gasteiger charge is -2.10. The third-order valence-corrected chi connectivity index (χ3v) is 4.82. The number of rotatable bonds is 5. The first-order chi connectivity index (χ1) is 12.0. The molecule has 0 spiro atoms. The number of fused-ring (bicyclic) bond motifs is 1. The van der Waals surface area contributed by atoms with Gasteiger partial charge in [-0.25, -0.2) is 4.98 Å². The molecule has 2 amide bonds. The number of primary amides is 1. The summed E-state index contributed by atoms with van der Waals surface area (Å²) in [4.78, 5) is 28.5. The number of anilines is 1. The summed E-state index contributed by atoms with van der Waals surface area (Å²) in [6, 6.07) is 16.3. The monoisotopic (exact) mass is 371 g/mol. The summed E-state index contributed by atoms with van der Waals surface area (Å²) in [6.07, 6.45) is 0. The number of carbonyl (C=O) groups excluding carboxylic acids is 2. The van der Waals surface area contributed by atoms with Crippen LogP contribution in [0.15, 0.2) is 59.5 Å². The molecule has 3 aromatic rings. The zero-order valence-corrected chi connectivity index (χ0v) is 14.6. The number of benzene rings is 2. The van der Waals surface area contributed by atoms with Crippen molar-refractivity contribution < 1.29 is 9.59 Å². The van der Waals surface area contributed by atoms with Crippen LogP contribution in [0.3, 0.4) is 0 Å². The number of nitrogens with one attached hydrogen (secondary N) is 1. The van der Waals surface area contributed by atoms with Crippen LogP contribution < -0.4 is 11.1 Å². The molecular formula is C18H14ClN3O2S. The van der Waals surface area contributed by atoms with Gasteiger partial charge in [-0.3, -0.25) is 9.59 Å². The number of halogens is 1. The summed E-state index contributed by atoms with van der Waals surface area (Å²) in [5, 5.41) is 4.71. The Morgan fingerprint density at radius 3 is 2.64 bits per heavy atom. The highest BCUT2D eigenvalue weighted by Crippen LogP contribution is 2.28. The number of pyridine rings is 1. The van der Waals surface area contributed by atoms with E-state index in [4.69, 9.17) is 17.3 Å². The zero-order valence-electron chi connectivity index (χ0n) is 13.0. The first-order valence-corrected chi connectivity index (χ1v) is 8.78. The fourth-order valence-electron chi connectivity index (χ4n) is 2.30. The van der Waals surface area contributed by atoms with Gasteiger partial charge < -0.3 is 11.1 Å². The van der Waals surface area contributed by atoms with E-state index in [1.54, 1.807) is 18.2 Å². The van der Waals surface area contributed by atoms with Gasteiger partial charge in [0, 0.05) is 10.3 Å². The lowest BCUT2D eigenvalue weighted by atomic mass is 10.1. The maximum absolute atomic E-state index is 12.6. The van der Waals surface area contributed by atoms with Gasteiger partial charge in [0.25, 0.3) is 5.91 Å². The van der Waals surface area contributed by atoms with Gasteiger partial charge in [-0.2, -0.15) is 0 Å². The molecule has 3 N–H and O–H groups in total. The summed E-state index contributed by atoms with van der Waals surface area (Å²) in [6.45, 7) is 0. The van der Waals surface area contributed by atoms with Crippen molar-refractivity contribution in [2.24, 2.45) is 5.73 Å². The summed E-state index contributed by atoms with van der Waals surface area (Å²) in [5.41, 5.74) is 5.99. The van der Waals surface area contributed by atoms with Crippen molar-refractivity contribution in [1.29, 1.82) is 0 Å². The number of hydrogen-bond acceptors (Lipinski definition) is 4. The van der Waals surface area contributed by atoms with Crippen LogP contribution in [0.2, 0.25) is 5.15 Å². The summed E-state index contributed by atoms with van der Waals surface area (Å²) in [7, 11) is 0. The van der Waals surface area contributed by atoms with E-state index < -0.39 is 5.91 Å². The van der Waals surface area contributed by atoms with Crippen LogP contribution in [0.1, 0.15) is 10.5 Å². The van der Waals surface area contributed by atoms with Crippen LogP contribution >= 0.6 is 23.4 Å². The predicted molar refractivity (Wildman–Crippen MR) is 101 cm³/mol. The Balaban J connectivity index is 1.87. The van der Waals surface area contributed by atoms with Crippen molar-refractivity contribution in [2.45, 2.75) is 4.90 Å². The Morgan fingerprint density at radius 1 is 1.12 bits per heavy atom. The third kappa shape index (κ3) is 4.10. The normalized spacial score (nSPS) is 10.6. The summed E-state index contributed by atoms with van der Waals surface area (Å²) < 4.78 is 0. The van der Waals surface area contributed by atoms with E-state index in [0.717, 1.165) is 15.7 Å². The van der Waals surface area contributed by atoms with Crippen molar-refractivity contribution in [3.05, 3.63) is 65.4 Å². The van der Waals surface area contributed by atoms with E-state index in [1.807, 2.05) is 36.4 Å². The first-order valence-electron chi connectivity index (χ1n) is 7.41. The van der Waals surface area contributed by atoms with Gasteiger partial charge in [0.15, 0.2) is 0 Å². The van der Waals surface area contributed by atoms with Gasteiger partial charge in [-0.05, 0) is 23.6 Å². The van der Waals surface area contributed by atoms with Crippen molar-refractivity contribution >= 4 is 51.6 Å². The molecule has 126 valence electrons. The summed E-state index contributed by atoms with van der Waals surface area (Å²) >= 11 is 7.44. The average molecular weight is 372 g/mol. The fourth-order valence-corrected chi connectivity index (χ4v) is 3.31. The lowest BCUT2D eigenvalue weighted by Crippen LogP contribution is -2.15. The first kappa shape index (κ1) is 17.3. The number of carbonyl (C=O) groups is 2. The quantitative estimate of drug-likeness (QED) is 0.528. The number of aromatic nitrogens is 1. The number of nitrogens with zero attached hydrogens (tertiary/aromatic N) is 1. The molecule has 0 aliphatic carbocycles. The average Bonchev–Trinajstić information content (AvgIpc) is 2.61. The second-order valence-electron chi connectivity index (χ2n) is 5.22. The van der Waals surface area contributed by atoms with Crippen LogP contribution in [-0.4, -0.2) is 22.6 Å². The van der Waals surface area contributed by atoms with Gasteiger partial charge in [-0.15, -0.1) is 11.8 Å². The molecule has 7 heteroatoms. The SMILES string of the molecule is NC(=O)CSc1ccccc1NC(=O)c1cc2ccccc2c(Cl)n1. The van der Waals surface area contributed by atoms with Gasteiger partial charge in [0.2, 0.25) is 5.91 Å². The minimum absolute atomic E-state index is 0.132. The number of amides is 2. The number of thioether (sulfide) groups is 1. The van der Waals surface area contributed by atoms with Crippen LogP contribution in [0, 0.1) is 0 Å². The highest BCUT2D eigenvalue weighted by Gasteiger charge is 2.13. The Bertz CT molecular complexity index is 962. The molecule has 1 aromatic heterocycles. The largest absolute Gasteiger partial charge is 0.369 e. The van der Waals surface area contributed by atoms with E-state index in [1.165, 1.54) is 11.8 Å². The van der Waals surface area contributed by atoms with Crippen LogP contribution in [0.4, 0.5) is 5.69 Å². The maximum atomic E-state index is 12.6. The molecule has 0 bridgehead atoms. The van der Waals surface area contributed by atoms with Gasteiger partial charge in [-0.1, -0.05) is 48.0 Å². The topological polar surface area (TPSA) is 85.1 Å². The second-order valence-corrected chi connectivity index (χ2v) is 6.60. The molecule has 0 saturated heterocycles. The second kappa shape index (κ2) is 7.55. The van der Waals surface area contributed by atoms with Crippen LogP contribution in [0.25, 0.3) is 10.8 Å². The Hall–Kier alpha value is -2.57. The van der Waals surface area contributed by atoms with Crippen LogP contribution in [0.5, 0.6) is 0 Å². The Morgan fingerprint density at radius 2 is 1.84 bits per heavy atom. The molecule has 0 aliphatic rings. The fraction of sp³-hybridized carbons (Fsp3) is 0.0556. The third-order valence-electron chi connectivity index (χ3n) is 3.43. The van der Waals surface area contributed by atoms with E-state index in [-0.39, 0.29) is 22.5 Å². The molecule has 1 heterocycles. The standard InChI is InChI=1S/C18H14ClN3O2S/c19-17-12-6-2-1-5-11(12)9-14(21-17)18(24)22-13-7-3-4-8-15(13)25-10-16(20)23/h1-9H,10H2,(H2,20,23)(H,22,24). The van der Waals surface area contributed by atoms with Crippen molar-refractivity contribution in [3.63, 3.8) is 0 Å². The maximum Gasteiger partial charge on any atom is 0.274 e. The lowest BCUT2D eigenvalue weighted by molar-refractivity contribution is -0.115. The van der Waals surface area contributed by atoms with Crippen molar-refractivity contribution in [1.82, 2.24) is 4.98 Å². The molecule has 3 rings (SSSR count). The Labute approximate surface area is 153 Å². The number of para-hydroxylation sites is 1. The molecule has 0 unspecified atom stereocenters. The van der Waals surface area contributed by atoms with E-state index >= 15 is 0 Å². The molecule has 0 fully saturated rings. The van der Waals surface area contributed by atoms with Crippen molar-refractivity contribution in [2.75, 3.05) is 11.1 Å². The van der Waals surface area contributed by atoms with E-state index in [2.05, 4.69) is 10.3 Å². The highest BCUT2D eigenvalue weighted by atomic mass is 35.5. The van der Waals surface area contributed by atoms with Gasteiger partial charge >= 0.3 is 0 Å². The molecular weight excluding hydrogens is 358 g/mol. The zero-order chi connectivity index (χ0) is 17.8. The highest BCUT2D eigenvalue weighted by molar-refractivity contribution is 8.00. The number of nitrogens with two attached hydrogens (primary N) is 1. The van der Waals surface area contributed by atoms with Crippen LogP contribution in [-0.2, 0) is 4.79 Å². The molecule has 0 aliphatic heterocycles. The minimum atomic E-state index is -0.422. The molecule has 0 radical (unpaired) electrons. The summed E-state index contributed by atoms with van der Waals surface area (Å²) in [5.74, 6) is -0.665. The number of hydrogen-bond donors (Lipinski definition) is 2. The van der Waals surface area contributed by atoms with E-state index in [0.29, 0.717) is 5.69 Å². The minimum Gasteiger partial charge on any atom is -0.369 e. The van der Waals surface area contributed by atoms with Gasteiger partial charge in [0.05, 0.1) is 11.4 Å². The molecule has 2 aromatic carbocycles. The molecule has 5 nitrogen and oxygen atoms in total.